The van der Waals surface area contributed by atoms with Gasteiger partial charge in [0.25, 0.3) is 0 Å². The molecule has 0 spiro atoms. The molecule has 1 aromatic rings. The van der Waals surface area contributed by atoms with Gasteiger partial charge in [0.1, 0.15) is 0 Å². The number of rotatable bonds is 2. The normalized spacial score (nSPS) is 19.6. The number of hydrogen-bond donors (Lipinski definition) is 1. The van der Waals surface area contributed by atoms with Crippen LogP contribution in [0.2, 0.25) is 5.02 Å². The van der Waals surface area contributed by atoms with Gasteiger partial charge in [0.2, 0.25) is 0 Å². The Bertz CT molecular complexity index is 406. The van der Waals surface area contributed by atoms with Crippen molar-refractivity contribution in [2.45, 2.75) is 58.5 Å². The topological polar surface area (TPSA) is 20.2 Å². The Hall–Kier alpha value is -0.530. The monoisotopic (exact) mass is 266 g/mol. The highest BCUT2D eigenvalue weighted by Gasteiger charge is 2.24. The lowest BCUT2D eigenvalue weighted by Crippen LogP contribution is -2.13. The van der Waals surface area contributed by atoms with Gasteiger partial charge in [-0.2, -0.15) is 0 Å². The van der Waals surface area contributed by atoms with Crippen LogP contribution in [0.15, 0.2) is 12.1 Å². The fourth-order valence-corrected chi connectivity index (χ4v) is 3.24. The number of aliphatic hydroxyl groups is 1. The zero-order valence-corrected chi connectivity index (χ0v) is 12.1. The molecule has 1 N–H and O–H groups in total. The van der Waals surface area contributed by atoms with Crippen molar-refractivity contribution in [1.29, 1.82) is 0 Å². The quantitative estimate of drug-likeness (QED) is 0.750. The summed E-state index contributed by atoms with van der Waals surface area (Å²) in [6, 6.07) is 4.04. The van der Waals surface area contributed by atoms with E-state index in [1.807, 2.05) is 6.07 Å². The average Bonchev–Trinajstić information content (AvgIpc) is 2.61. The maximum absolute atomic E-state index is 10.6. The summed E-state index contributed by atoms with van der Waals surface area (Å²) < 4.78 is 0. The first-order valence-corrected chi connectivity index (χ1v) is 7.42. The third-order valence-electron chi connectivity index (χ3n) is 4.28. The van der Waals surface area contributed by atoms with Crippen molar-refractivity contribution < 1.29 is 5.11 Å². The molecule has 0 aromatic heterocycles. The molecule has 1 aliphatic rings. The highest BCUT2D eigenvalue weighted by Crippen LogP contribution is 2.37. The van der Waals surface area contributed by atoms with Crippen molar-refractivity contribution in [3.63, 3.8) is 0 Å². The number of aliphatic hydroxyl groups excluding tert-OH is 1. The number of aryl methyl sites for hydroxylation is 2. The van der Waals surface area contributed by atoms with E-state index in [9.17, 15) is 5.11 Å². The first kappa shape index (κ1) is 13.9. The van der Waals surface area contributed by atoms with Crippen molar-refractivity contribution >= 4 is 11.6 Å². The average molecular weight is 267 g/mol. The third kappa shape index (κ3) is 3.07. The molecule has 0 saturated heterocycles. The fraction of sp³-hybridized carbons (Fsp3) is 0.625. The molecule has 100 valence electrons. The lowest BCUT2D eigenvalue weighted by molar-refractivity contribution is 0.0988. The molecular weight excluding hydrogens is 244 g/mol. The van der Waals surface area contributed by atoms with Crippen LogP contribution < -0.4 is 0 Å². The minimum absolute atomic E-state index is 0.382. The maximum Gasteiger partial charge on any atom is 0.0832 e. The second-order valence-corrected chi connectivity index (χ2v) is 6.06. The van der Waals surface area contributed by atoms with Crippen LogP contribution >= 0.6 is 11.6 Å². The summed E-state index contributed by atoms with van der Waals surface area (Å²) in [6.45, 7) is 4.14. The van der Waals surface area contributed by atoms with Gasteiger partial charge in [0.05, 0.1) is 6.10 Å². The van der Waals surface area contributed by atoms with Crippen LogP contribution in [-0.2, 0) is 0 Å². The van der Waals surface area contributed by atoms with Gasteiger partial charge in [-0.05, 0) is 55.4 Å². The van der Waals surface area contributed by atoms with E-state index >= 15 is 0 Å². The molecule has 1 nitrogen and oxygen atoms in total. The van der Waals surface area contributed by atoms with Crippen LogP contribution in [0.25, 0.3) is 0 Å². The molecule has 0 bridgehead atoms. The molecule has 1 aromatic carbocycles. The van der Waals surface area contributed by atoms with Crippen LogP contribution in [0.5, 0.6) is 0 Å². The zero-order chi connectivity index (χ0) is 13.1. The van der Waals surface area contributed by atoms with Crippen molar-refractivity contribution in [2.24, 2.45) is 5.92 Å². The van der Waals surface area contributed by atoms with Crippen LogP contribution in [0.3, 0.4) is 0 Å². The van der Waals surface area contributed by atoms with Crippen LogP contribution in [0.1, 0.15) is 61.3 Å². The van der Waals surface area contributed by atoms with E-state index in [4.69, 9.17) is 11.6 Å². The lowest BCUT2D eigenvalue weighted by Gasteiger charge is -2.23. The number of hydrogen-bond acceptors (Lipinski definition) is 1. The minimum atomic E-state index is -0.394. The summed E-state index contributed by atoms with van der Waals surface area (Å²) in [5.74, 6) is 0.382. The van der Waals surface area contributed by atoms with Crippen molar-refractivity contribution in [3.05, 3.63) is 33.8 Å². The Labute approximate surface area is 115 Å². The SMILES string of the molecule is Cc1cc(Cl)c(C(O)C2CCCCCC2)cc1C. The summed E-state index contributed by atoms with van der Waals surface area (Å²) in [5, 5.41) is 11.3. The first-order chi connectivity index (χ1) is 8.59. The van der Waals surface area contributed by atoms with Gasteiger partial charge in [0.15, 0.2) is 0 Å². The lowest BCUT2D eigenvalue weighted by atomic mass is 9.88. The van der Waals surface area contributed by atoms with E-state index in [2.05, 4.69) is 19.9 Å². The molecule has 0 heterocycles. The predicted molar refractivity (Wildman–Crippen MR) is 77.1 cm³/mol. The molecule has 0 aliphatic heterocycles. The minimum Gasteiger partial charge on any atom is -0.388 e. The summed E-state index contributed by atoms with van der Waals surface area (Å²) in [7, 11) is 0. The molecule has 0 radical (unpaired) electrons. The molecule has 1 saturated carbocycles. The largest absolute Gasteiger partial charge is 0.388 e. The third-order valence-corrected chi connectivity index (χ3v) is 4.61. The number of benzene rings is 1. The van der Waals surface area contributed by atoms with Crippen molar-refractivity contribution in [2.75, 3.05) is 0 Å². The summed E-state index contributed by atoms with van der Waals surface area (Å²) in [4.78, 5) is 0. The highest BCUT2D eigenvalue weighted by molar-refractivity contribution is 6.31. The molecule has 0 amide bonds. The Morgan fingerprint density at radius 3 is 2.22 bits per heavy atom. The van der Waals surface area contributed by atoms with Gasteiger partial charge in [-0.15, -0.1) is 0 Å². The standard InChI is InChI=1S/C16H23ClO/c1-11-9-14(15(17)10-12(11)2)16(18)13-7-5-3-4-6-8-13/h9-10,13,16,18H,3-8H2,1-2H3. The van der Waals surface area contributed by atoms with Crippen LogP contribution in [0.4, 0.5) is 0 Å². The summed E-state index contributed by atoms with van der Waals surface area (Å²) in [5.41, 5.74) is 3.32. The fourth-order valence-electron chi connectivity index (χ4n) is 2.91. The van der Waals surface area contributed by atoms with E-state index < -0.39 is 6.10 Å². The van der Waals surface area contributed by atoms with Gasteiger partial charge in [-0.25, -0.2) is 0 Å². The molecule has 1 atom stereocenters. The molecule has 1 fully saturated rings. The molecule has 2 heteroatoms. The maximum atomic E-state index is 10.6. The summed E-state index contributed by atoms with van der Waals surface area (Å²) in [6.07, 6.45) is 6.96. The second kappa shape index (κ2) is 6.08. The Morgan fingerprint density at radius 2 is 1.61 bits per heavy atom. The molecule has 2 rings (SSSR count). The highest BCUT2D eigenvalue weighted by atomic mass is 35.5. The Morgan fingerprint density at radius 1 is 1.06 bits per heavy atom. The molecule has 1 aliphatic carbocycles. The van der Waals surface area contributed by atoms with Crippen molar-refractivity contribution in [1.82, 2.24) is 0 Å². The first-order valence-electron chi connectivity index (χ1n) is 7.04. The van der Waals surface area contributed by atoms with E-state index in [0.717, 1.165) is 23.4 Å². The van der Waals surface area contributed by atoms with E-state index in [1.54, 1.807) is 0 Å². The molecule has 1 unspecified atom stereocenters. The Balaban J connectivity index is 2.21. The number of halogens is 1. The van der Waals surface area contributed by atoms with Crippen molar-refractivity contribution in [3.8, 4) is 0 Å². The summed E-state index contributed by atoms with van der Waals surface area (Å²) >= 11 is 6.30. The molecule has 18 heavy (non-hydrogen) atoms. The smallest absolute Gasteiger partial charge is 0.0832 e. The van der Waals surface area contributed by atoms with Gasteiger partial charge < -0.3 is 5.11 Å². The molecular formula is C16H23ClO. The van der Waals surface area contributed by atoms with Crippen LogP contribution in [0, 0.1) is 19.8 Å². The van der Waals surface area contributed by atoms with Gasteiger partial charge >= 0.3 is 0 Å². The van der Waals surface area contributed by atoms with Gasteiger partial charge in [-0.3, -0.25) is 0 Å². The van der Waals surface area contributed by atoms with Gasteiger partial charge in [0, 0.05) is 5.02 Å². The van der Waals surface area contributed by atoms with E-state index in [-0.39, 0.29) is 0 Å². The predicted octanol–water partition coefficient (Wildman–Crippen LogP) is 4.96. The zero-order valence-electron chi connectivity index (χ0n) is 11.4. The second-order valence-electron chi connectivity index (χ2n) is 5.65. The van der Waals surface area contributed by atoms with E-state index in [0.29, 0.717) is 5.92 Å². The van der Waals surface area contributed by atoms with E-state index in [1.165, 1.54) is 36.8 Å². The Kier molecular flexibility index (Phi) is 4.69. The van der Waals surface area contributed by atoms with Gasteiger partial charge in [-0.1, -0.05) is 43.4 Å². The van der Waals surface area contributed by atoms with Crippen LogP contribution in [-0.4, -0.2) is 5.11 Å².